The van der Waals surface area contributed by atoms with E-state index in [1.807, 2.05) is 18.2 Å². The maximum absolute atomic E-state index is 9.09. The molecule has 1 aromatic carbocycles. The first kappa shape index (κ1) is 13.5. The van der Waals surface area contributed by atoms with E-state index in [2.05, 4.69) is 39.1 Å². The van der Waals surface area contributed by atoms with Crippen molar-refractivity contribution in [2.75, 3.05) is 5.32 Å². The molecule has 20 heavy (non-hydrogen) atoms. The molecule has 1 unspecified atom stereocenters. The van der Waals surface area contributed by atoms with Gasteiger partial charge in [-0.05, 0) is 60.6 Å². The Balaban J connectivity index is 1.94. The molecule has 0 saturated heterocycles. The van der Waals surface area contributed by atoms with Gasteiger partial charge in [0.05, 0.1) is 11.6 Å². The summed E-state index contributed by atoms with van der Waals surface area (Å²) in [5.41, 5.74) is 3.84. The molecule has 2 heteroatoms. The van der Waals surface area contributed by atoms with Crippen molar-refractivity contribution >= 4 is 5.69 Å². The van der Waals surface area contributed by atoms with Crippen LogP contribution in [0.3, 0.4) is 0 Å². The molecular weight excluding hydrogens is 244 g/mol. The Morgan fingerprint density at radius 3 is 2.65 bits per heavy atom. The van der Waals surface area contributed by atoms with Crippen LogP contribution < -0.4 is 5.32 Å². The van der Waals surface area contributed by atoms with Gasteiger partial charge >= 0.3 is 0 Å². The maximum Gasteiger partial charge on any atom is 0.0992 e. The molecule has 2 fully saturated rings. The average molecular weight is 268 g/mol. The summed E-state index contributed by atoms with van der Waals surface area (Å²) in [5, 5.41) is 12.9. The van der Waals surface area contributed by atoms with Crippen LogP contribution in [0.1, 0.15) is 51.2 Å². The Morgan fingerprint density at radius 1 is 1.30 bits per heavy atom. The number of anilines is 1. The highest BCUT2D eigenvalue weighted by Crippen LogP contribution is 2.63. The molecule has 2 saturated carbocycles. The first-order valence-corrected chi connectivity index (χ1v) is 7.64. The van der Waals surface area contributed by atoms with Crippen LogP contribution in [0, 0.1) is 35.0 Å². The van der Waals surface area contributed by atoms with Crippen LogP contribution in [-0.2, 0) is 0 Å². The summed E-state index contributed by atoms with van der Waals surface area (Å²) in [5.74, 6) is 0.837. The van der Waals surface area contributed by atoms with Crippen molar-refractivity contribution in [1.82, 2.24) is 0 Å². The Bertz CT molecular complexity index is 577. The Morgan fingerprint density at radius 2 is 2.05 bits per heavy atom. The molecule has 0 spiro atoms. The second-order valence-corrected chi connectivity index (χ2v) is 7.63. The number of nitrogens with zero attached hydrogens (tertiary/aromatic N) is 1. The molecule has 2 aliphatic carbocycles. The van der Waals surface area contributed by atoms with E-state index in [-0.39, 0.29) is 0 Å². The van der Waals surface area contributed by atoms with E-state index < -0.39 is 0 Å². The third-order valence-corrected chi connectivity index (χ3v) is 5.94. The zero-order valence-corrected chi connectivity index (χ0v) is 13.0. The highest BCUT2D eigenvalue weighted by Gasteiger charge is 2.59. The van der Waals surface area contributed by atoms with Gasteiger partial charge in [-0.15, -0.1) is 0 Å². The third-order valence-electron chi connectivity index (χ3n) is 5.94. The highest BCUT2D eigenvalue weighted by atomic mass is 15.0. The van der Waals surface area contributed by atoms with E-state index in [4.69, 9.17) is 5.26 Å². The molecule has 0 heterocycles. The second-order valence-electron chi connectivity index (χ2n) is 7.63. The topological polar surface area (TPSA) is 35.8 Å². The van der Waals surface area contributed by atoms with E-state index in [0.717, 1.165) is 17.2 Å². The van der Waals surface area contributed by atoms with Crippen LogP contribution in [0.5, 0.6) is 0 Å². The Labute approximate surface area is 122 Å². The normalized spacial score (nSPS) is 34.0. The van der Waals surface area contributed by atoms with Crippen LogP contribution in [0.25, 0.3) is 0 Å². The number of nitrogens with one attached hydrogen (secondary N) is 1. The standard InChI is InChI=1S/C18H24N2/c1-12-5-6-13(11-19)9-15(12)20-16-17(2,3)14-7-8-18(16,4)10-14/h5-6,9,14,16,20H,7-8,10H2,1-4H3/t14-,16?,18+/m0/s1. The lowest BCUT2D eigenvalue weighted by molar-refractivity contribution is 0.155. The largest absolute Gasteiger partial charge is 0.381 e. The van der Waals surface area contributed by atoms with E-state index >= 15 is 0 Å². The molecule has 2 bridgehead atoms. The molecule has 106 valence electrons. The zero-order valence-electron chi connectivity index (χ0n) is 13.0. The fourth-order valence-corrected chi connectivity index (χ4v) is 4.66. The lowest BCUT2D eigenvalue weighted by atomic mass is 9.68. The molecular formula is C18H24N2. The van der Waals surface area contributed by atoms with Crippen LogP contribution in [0.2, 0.25) is 0 Å². The Kier molecular flexibility index (Phi) is 2.87. The van der Waals surface area contributed by atoms with Gasteiger partial charge in [0.2, 0.25) is 0 Å². The monoisotopic (exact) mass is 268 g/mol. The summed E-state index contributed by atoms with van der Waals surface area (Å²) in [7, 11) is 0. The maximum atomic E-state index is 9.09. The van der Waals surface area contributed by atoms with Crippen molar-refractivity contribution in [2.24, 2.45) is 16.7 Å². The van der Waals surface area contributed by atoms with Gasteiger partial charge in [0, 0.05) is 11.7 Å². The summed E-state index contributed by atoms with van der Waals surface area (Å²) < 4.78 is 0. The van der Waals surface area contributed by atoms with Crippen LogP contribution in [-0.4, -0.2) is 6.04 Å². The van der Waals surface area contributed by atoms with Crippen LogP contribution in [0.4, 0.5) is 5.69 Å². The zero-order chi connectivity index (χ0) is 14.5. The summed E-state index contributed by atoms with van der Waals surface area (Å²) in [6.45, 7) is 9.36. The number of nitriles is 1. The third kappa shape index (κ3) is 1.84. The quantitative estimate of drug-likeness (QED) is 0.857. The van der Waals surface area contributed by atoms with E-state index in [1.54, 1.807) is 0 Å². The number of benzene rings is 1. The molecule has 1 aromatic rings. The first-order chi connectivity index (χ1) is 9.37. The van der Waals surface area contributed by atoms with Gasteiger partial charge in [-0.25, -0.2) is 0 Å². The lowest BCUT2D eigenvalue weighted by Gasteiger charge is -2.44. The Hall–Kier alpha value is -1.49. The molecule has 2 nitrogen and oxygen atoms in total. The number of fused-ring (bicyclic) bond motifs is 2. The van der Waals surface area contributed by atoms with Crippen molar-refractivity contribution in [3.63, 3.8) is 0 Å². The van der Waals surface area contributed by atoms with Gasteiger partial charge in [0.15, 0.2) is 0 Å². The van der Waals surface area contributed by atoms with Crippen molar-refractivity contribution in [3.05, 3.63) is 29.3 Å². The van der Waals surface area contributed by atoms with Crippen molar-refractivity contribution < 1.29 is 0 Å². The fraction of sp³-hybridized carbons (Fsp3) is 0.611. The minimum absolute atomic E-state index is 0.335. The molecule has 2 aliphatic rings. The predicted molar refractivity (Wildman–Crippen MR) is 82.5 cm³/mol. The summed E-state index contributed by atoms with van der Waals surface area (Å²) in [4.78, 5) is 0. The number of rotatable bonds is 2. The number of hydrogen-bond donors (Lipinski definition) is 1. The predicted octanol–water partition coefficient (Wildman–Crippen LogP) is 4.49. The van der Waals surface area contributed by atoms with Gasteiger partial charge < -0.3 is 5.32 Å². The molecule has 0 amide bonds. The summed E-state index contributed by atoms with van der Waals surface area (Å²) in [6.07, 6.45) is 4.04. The fourth-order valence-electron chi connectivity index (χ4n) is 4.66. The van der Waals surface area contributed by atoms with Gasteiger partial charge in [-0.1, -0.05) is 26.8 Å². The highest BCUT2D eigenvalue weighted by molar-refractivity contribution is 5.56. The SMILES string of the molecule is Cc1ccc(C#N)cc1NC1C(C)(C)[C@H]2CC[C@]1(C)C2. The molecule has 3 rings (SSSR count). The first-order valence-electron chi connectivity index (χ1n) is 7.64. The van der Waals surface area contributed by atoms with E-state index in [9.17, 15) is 0 Å². The van der Waals surface area contributed by atoms with Crippen LogP contribution >= 0.6 is 0 Å². The number of hydrogen-bond acceptors (Lipinski definition) is 2. The van der Waals surface area contributed by atoms with Gasteiger partial charge in [0.1, 0.15) is 0 Å². The molecule has 0 aliphatic heterocycles. The van der Waals surface area contributed by atoms with E-state index in [0.29, 0.717) is 16.9 Å². The summed E-state index contributed by atoms with van der Waals surface area (Å²) in [6, 6.07) is 8.69. The van der Waals surface area contributed by atoms with Crippen LogP contribution in [0.15, 0.2) is 18.2 Å². The smallest absolute Gasteiger partial charge is 0.0992 e. The minimum atomic E-state index is 0.335. The van der Waals surface area contributed by atoms with Crippen molar-refractivity contribution in [1.29, 1.82) is 5.26 Å². The van der Waals surface area contributed by atoms with Gasteiger partial charge in [-0.2, -0.15) is 5.26 Å². The van der Waals surface area contributed by atoms with Gasteiger partial charge in [0.25, 0.3) is 0 Å². The molecule has 0 radical (unpaired) electrons. The second kappa shape index (κ2) is 4.25. The van der Waals surface area contributed by atoms with Gasteiger partial charge in [-0.3, -0.25) is 0 Å². The molecule has 0 aromatic heterocycles. The molecule has 3 atom stereocenters. The summed E-state index contributed by atoms with van der Waals surface area (Å²) >= 11 is 0. The van der Waals surface area contributed by atoms with Crippen molar-refractivity contribution in [3.8, 4) is 6.07 Å². The van der Waals surface area contributed by atoms with E-state index in [1.165, 1.54) is 24.8 Å². The average Bonchev–Trinajstić information content (AvgIpc) is 2.88. The molecule has 1 N–H and O–H groups in total. The lowest BCUT2D eigenvalue weighted by Crippen LogP contribution is -2.45. The van der Waals surface area contributed by atoms with Crippen molar-refractivity contribution in [2.45, 2.75) is 53.0 Å². The minimum Gasteiger partial charge on any atom is -0.381 e. The number of aryl methyl sites for hydroxylation is 1.